The van der Waals surface area contributed by atoms with Crippen LogP contribution < -0.4 is 0 Å². The van der Waals surface area contributed by atoms with Crippen LogP contribution in [0.4, 0.5) is 5.69 Å². The summed E-state index contributed by atoms with van der Waals surface area (Å²) in [4.78, 5) is 12.3. The molecule has 1 aromatic rings. The summed E-state index contributed by atoms with van der Waals surface area (Å²) in [6.07, 6.45) is 0.0274. The first-order chi connectivity index (χ1) is 7.66. The standard InChI is InChI=1S/C11H14N2O3/c1-12-6-7-16-11(8-12)9-2-4-10(5-3-9)13(14)15/h2-5,11H,6-8H2,1H3. The summed E-state index contributed by atoms with van der Waals surface area (Å²) in [6, 6.07) is 6.57. The molecule has 1 aliphatic heterocycles. The number of non-ortho nitro benzene ring substituents is 1. The molecule has 0 N–H and O–H groups in total. The van der Waals surface area contributed by atoms with E-state index in [4.69, 9.17) is 4.74 Å². The summed E-state index contributed by atoms with van der Waals surface area (Å²) in [5.41, 5.74) is 1.12. The van der Waals surface area contributed by atoms with E-state index in [9.17, 15) is 10.1 Å². The van der Waals surface area contributed by atoms with Gasteiger partial charge in [0.05, 0.1) is 17.6 Å². The highest BCUT2D eigenvalue weighted by Gasteiger charge is 2.19. The van der Waals surface area contributed by atoms with Crippen LogP contribution in [-0.4, -0.2) is 36.6 Å². The van der Waals surface area contributed by atoms with Gasteiger partial charge in [0.2, 0.25) is 0 Å². The molecule has 1 aliphatic rings. The van der Waals surface area contributed by atoms with E-state index in [1.165, 1.54) is 12.1 Å². The first-order valence-electron chi connectivity index (χ1n) is 5.21. The molecule has 0 bridgehead atoms. The van der Waals surface area contributed by atoms with Crippen LogP contribution in [0.2, 0.25) is 0 Å². The molecule has 0 radical (unpaired) electrons. The van der Waals surface area contributed by atoms with Crippen molar-refractivity contribution < 1.29 is 9.66 Å². The molecule has 86 valence electrons. The smallest absolute Gasteiger partial charge is 0.269 e. The van der Waals surface area contributed by atoms with Gasteiger partial charge in [-0.25, -0.2) is 0 Å². The molecule has 16 heavy (non-hydrogen) atoms. The monoisotopic (exact) mass is 222 g/mol. The number of nitro groups is 1. The lowest BCUT2D eigenvalue weighted by atomic mass is 10.1. The Morgan fingerprint density at radius 1 is 1.44 bits per heavy atom. The average molecular weight is 222 g/mol. The van der Waals surface area contributed by atoms with Gasteiger partial charge >= 0.3 is 0 Å². The van der Waals surface area contributed by atoms with Crippen molar-refractivity contribution >= 4 is 5.69 Å². The predicted molar refractivity (Wildman–Crippen MR) is 59.3 cm³/mol. The second-order valence-electron chi connectivity index (χ2n) is 3.97. The Bertz CT molecular complexity index is 377. The highest BCUT2D eigenvalue weighted by atomic mass is 16.6. The van der Waals surface area contributed by atoms with Crippen LogP contribution in [-0.2, 0) is 4.74 Å². The van der Waals surface area contributed by atoms with Gasteiger partial charge in [-0.15, -0.1) is 0 Å². The minimum Gasteiger partial charge on any atom is -0.371 e. The molecule has 0 spiro atoms. The fourth-order valence-electron chi connectivity index (χ4n) is 1.79. The van der Waals surface area contributed by atoms with Gasteiger partial charge in [-0.3, -0.25) is 10.1 Å². The van der Waals surface area contributed by atoms with Crippen molar-refractivity contribution in [1.82, 2.24) is 4.90 Å². The maximum absolute atomic E-state index is 10.5. The van der Waals surface area contributed by atoms with Crippen molar-refractivity contribution in [2.24, 2.45) is 0 Å². The van der Waals surface area contributed by atoms with E-state index in [-0.39, 0.29) is 11.8 Å². The summed E-state index contributed by atoms with van der Waals surface area (Å²) < 4.78 is 5.62. The lowest BCUT2D eigenvalue weighted by Gasteiger charge is -2.30. The van der Waals surface area contributed by atoms with E-state index in [0.717, 1.165) is 18.7 Å². The van der Waals surface area contributed by atoms with Crippen molar-refractivity contribution in [1.29, 1.82) is 0 Å². The summed E-state index contributed by atoms with van der Waals surface area (Å²) in [5, 5.41) is 10.5. The van der Waals surface area contributed by atoms with Crippen LogP contribution in [0.5, 0.6) is 0 Å². The quantitative estimate of drug-likeness (QED) is 0.563. The molecule has 1 unspecified atom stereocenters. The molecular formula is C11H14N2O3. The molecule has 0 saturated carbocycles. The van der Waals surface area contributed by atoms with Crippen LogP contribution in [0.1, 0.15) is 11.7 Å². The zero-order valence-corrected chi connectivity index (χ0v) is 9.13. The largest absolute Gasteiger partial charge is 0.371 e. The fourth-order valence-corrected chi connectivity index (χ4v) is 1.79. The first-order valence-corrected chi connectivity index (χ1v) is 5.21. The predicted octanol–water partition coefficient (Wildman–Crippen LogP) is 1.60. The molecular weight excluding hydrogens is 208 g/mol. The summed E-state index contributed by atoms with van der Waals surface area (Å²) >= 11 is 0. The molecule has 5 heteroatoms. The average Bonchev–Trinajstić information content (AvgIpc) is 2.29. The number of likely N-dealkylation sites (N-methyl/N-ethyl adjacent to an activating group) is 1. The van der Waals surface area contributed by atoms with Gasteiger partial charge in [0.1, 0.15) is 0 Å². The van der Waals surface area contributed by atoms with Gasteiger partial charge in [0.25, 0.3) is 5.69 Å². The Labute approximate surface area is 93.8 Å². The van der Waals surface area contributed by atoms with Crippen molar-refractivity contribution in [3.63, 3.8) is 0 Å². The van der Waals surface area contributed by atoms with E-state index in [2.05, 4.69) is 4.90 Å². The normalized spacial score (nSPS) is 21.9. The van der Waals surface area contributed by atoms with Crippen LogP contribution in [0, 0.1) is 10.1 Å². The fraction of sp³-hybridized carbons (Fsp3) is 0.455. The Kier molecular flexibility index (Phi) is 3.17. The van der Waals surface area contributed by atoms with Crippen molar-refractivity contribution in [2.45, 2.75) is 6.10 Å². The van der Waals surface area contributed by atoms with Gasteiger partial charge < -0.3 is 9.64 Å². The van der Waals surface area contributed by atoms with E-state index in [0.29, 0.717) is 6.61 Å². The Morgan fingerprint density at radius 2 is 2.12 bits per heavy atom. The molecule has 1 atom stereocenters. The maximum atomic E-state index is 10.5. The van der Waals surface area contributed by atoms with E-state index >= 15 is 0 Å². The number of morpholine rings is 1. The molecule has 1 fully saturated rings. The second-order valence-corrected chi connectivity index (χ2v) is 3.97. The third kappa shape index (κ3) is 2.37. The van der Waals surface area contributed by atoms with E-state index in [1.807, 2.05) is 7.05 Å². The first kappa shape index (κ1) is 11.0. The zero-order chi connectivity index (χ0) is 11.5. The van der Waals surface area contributed by atoms with Crippen LogP contribution in [0.25, 0.3) is 0 Å². The number of nitrogens with zero attached hydrogens (tertiary/aromatic N) is 2. The molecule has 1 saturated heterocycles. The molecule has 1 heterocycles. The van der Waals surface area contributed by atoms with E-state index in [1.54, 1.807) is 12.1 Å². The van der Waals surface area contributed by atoms with Gasteiger partial charge in [-0.2, -0.15) is 0 Å². The van der Waals surface area contributed by atoms with Crippen LogP contribution >= 0.6 is 0 Å². The number of hydrogen-bond acceptors (Lipinski definition) is 4. The second kappa shape index (κ2) is 4.59. The maximum Gasteiger partial charge on any atom is 0.269 e. The Balaban J connectivity index is 2.11. The number of benzene rings is 1. The highest BCUT2D eigenvalue weighted by Crippen LogP contribution is 2.23. The van der Waals surface area contributed by atoms with Gasteiger partial charge in [0, 0.05) is 25.2 Å². The molecule has 0 aromatic heterocycles. The number of nitro benzene ring substituents is 1. The summed E-state index contributed by atoms with van der Waals surface area (Å²) in [5.74, 6) is 0. The molecule has 0 amide bonds. The third-order valence-corrected chi connectivity index (χ3v) is 2.75. The van der Waals surface area contributed by atoms with Crippen molar-refractivity contribution in [2.75, 3.05) is 26.7 Å². The molecule has 2 rings (SSSR count). The van der Waals surface area contributed by atoms with Crippen molar-refractivity contribution in [3.05, 3.63) is 39.9 Å². The SMILES string of the molecule is CN1CCOC(c2ccc([N+](=O)[O-])cc2)C1. The summed E-state index contributed by atoms with van der Waals surface area (Å²) in [6.45, 7) is 2.47. The lowest BCUT2D eigenvalue weighted by molar-refractivity contribution is -0.384. The van der Waals surface area contributed by atoms with Crippen LogP contribution in [0.3, 0.4) is 0 Å². The Hall–Kier alpha value is -1.46. The van der Waals surface area contributed by atoms with Gasteiger partial charge in [-0.1, -0.05) is 0 Å². The molecule has 0 aliphatic carbocycles. The third-order valence-electron chi connectivity index (χ3n) is 2.75. The Morgan fingerprint density at radius 3 is 2.69 bits per heavy atom. The number of rotatable bonds is 2. The topological polar surface area (TPSA) is 55.6 Å². The van der Waals surface area contributed by atoms with Gasteiger partial charge in [0.15, 0.2) is 0 Å². The van der Waals surface area contributed by atoms with Crippen LogP contribution in [0.15, 0.2) is 24.3 Å². The highest BCUT2D eigenvalue weighted by molar-refractivity contribution is 5.34. The lowest BCUT2D eigenvalue weighted by Crippen LogP contribution is -2.35. The summed E-state index contributed by atoms with van der Waals surface area (Å²) in [7, 11) is 2.04. The molecule has 5 nitrogen and oxygen atoms in total. The minimum atomic E-state index is -0.391. The molecule has 1 aromatic carbocycles. The zero-order valence-electron chi connectivity index (χ0n) is 9.13. The van der Waals surface area contributed by atoms with Gasteiger partial charge in [-0.05, 0) is 24.7 Å². The number of hydrogen-bond donors (Lipinski definition) is 0. The minimum absolute atomic E-state index is 0.0274. The van der Waals surface area contributed by atoms with E-state index < -0.39 is 4.92 Å². The number of ether oxygens (including phenoxy) is 1. The van der Waals surface area contributed by atoms with Crippen molar-refractivity contribution in [3.8, 4) is 0 Å².